The number of nitrogens with zero attached hydrogens (tertiary/aromatic N) is 1. The number of halogens is 2. The van der Waals surface area contributed by atoms with Gasteiger partial charge in [-0.15, -0.1) is 0 Å². The molecule has 0 bridgehead atoms. The maximum Gasteiger partial charge on any atom is 0.147 e. The molecule has 0 spiro atoms. The Balaban J connectivity index is 2.22. The number of hydrogen-bond acceptors (Lipinski definition) is 1. The summed E-state index contributed by atoms with van der Waals surface area (Å²) < 4.78 is 13.5. The van der Waals surface area contributed by atoms with Crippen LogP contribution in [0.25, 0.3) is 0 Å². The van der Waals surface area contributed by atoms with Gasteiger partial charge in [0.15, 0.2) is 0 Å². The molecule has 1 fully saturated rings. The summed E-state index contributed by atoms with van der Waals surface area (Å²) in [6, 6.07) is 4.86. The van der Waals surface area contributed by atoms with Crippen molar-refractivity contribution in [2.24, 2.45) is 0 Å². The maximum absolute atomic E-state index is 13.5. The van der Waals surface area contributed by atoms with Crippen molar-refractivity contribution < 1.29 is 9.71 Å². The Morgan fingerprint density at radius 2 is 2.00 bits per heavy atom. The molecule has 76 valence electrons. The topological polar surface area (TPSA) is 19.9 Å². The predicted molar refractivity (Wildman–Crippen MR) is 55.3 cm³/mol. The van der Waals surface area contributed by atoms with Gasteiger partial charge in [-0.1, -0.05) is 11.6 Å². The van der Waals surface area contributed by atoms with E-state index in [1.54, 1.807) is 12.1 Å². The summed E-state index contributed by atoms with van der Waals surface area (Å²) in [7, 11) is 0. The molecule has 2 rings (SSSR count). The van der Waals surface area contributed by atoms with Crippen molar-refractivity contribution in [3.8, 4) is 0 Å². The fourth-order valence-electron chi connectivity index (χ4n) is 1.73. The highest BCUT2D eigenvalue weighted by molar-refractivity contribution is 6.30. The number of nitrogens with two attached hydrogens (primary N) is 1. The molecule has 0 saturated carbocycles. The molecular weight excluding hydrogens is 203 g/mol. The summed E-state index contributed by atoms with van der Waals surface area (Å²) in [5.74, 6) is -0.223. The Morgan fingerprint density at radius 1 is 1.29 bits per heavy atom. The molecule has 2 nitrogen and oxygen atoms in total. The van der Waals surface area contributed by atoms with Crippen LogP contribution in [0.1, 0.15) is 0 Å². The summed E-state index contributed by atoms with van der Waals surface area (Å²) >= 11 is 5.69. The highest BCUT2D eigenvalue weighted by Gasteiger charge is 2.15. The second kappa shape index (κ2) is 4.15. The standard InChI is InChI=1S/C10H12ClFN2/c11-8-1-2-10(9(12)7-8)14-5-3-13-4-6-14/h1-2,7,13H,3-6H2/p+1. The molecule has 1 aromatic carbocycles. The van der Waals surface area contributed by atoms with Gasteiger partial charge in [0.1, 0.15) is 5.82 Å². The van der Waals surface area contributed by atoms with Crippen LogP contribution in [0.2, 0.25) is 5.02 Å². The lowest BCUT2D eigenvalue weighted by Gasteiger charge is -2.27. The van der Waals surface area contributed by atoms with E-state index < -0.39 is 0 Å². The van der Waals surface area contributed by atoms with E-state index in [1.807, 2.05) is 0 Å². The zero-order chi connectivity index (χ0) is 9.97. The van der Waals surface area contributed by atoms with Crippen molar-refractivity contribution in [3.63, 3.8) is 0 Å². The van der Waals surface area contributed by atoms with E-state index in [2.05, 4.69) is 10.2 Å². The Labute approximate surface area is 87.7 Å². The molecule has 2 N–H and O–H groups in total. The molecule has 0 amide bonds. The summed E-state index contributed by atoms with van der Waals surface area (Å²) in [5, 5.41) is 2.69. The zero-order valence-electron chi connectivity index (χ0n) is 7.84. The predicted octanol–water partition coefficient (Wildman–Crippen LogP) is 0.862. The Hall–Kier alpha value is -0.800. The van der Waals surface area contributed by atoms with Gasteiger partial charge in [-0.2, -0.15) is 0 Å². The molecule has 4 heteroatoms. The SMILES string of the molecule is Fc1cc(Cl)ccc1N1CC[NH2+]CC1. The molecule has 1 heterocycles. The van der Waals surface area contributed by atoms with Crippen molar-refractivity contribution in [1.29, 1.82) is 0 Å². The largest absolute Gasteiger partial charge is 0.358 e. The molecule has 0 aliphatic carbocycles. The van der Waals surface area contributed by atoms with Gasteiger partial charge in [0.05, 0.1) is 31.9 Å². The normalized spacial score (nSPS) is 17.1. The van der Waals surface area contributed by atoms with Gasteiger partial charge in [-0.25, -0.2) is 4.39 Å². The van der Waals surface area contributed by atoms with Crippen LogP contribution in [0.15, 0.2) is 18.2 Å². The second-order valence-electron chi connectivity index (χ2n) is 3.45. The first-order valence-corrected chi connectivity index (χ1v) is 5.17. The van der Waals surface area contributed by atoms with Crippen LogP contribution in [0.4, 0.5) is 10.1 Å². The summed E-state index contributed by atoms with van der Waals surface area (Å²) in [4.78, 5) is 2.06. The first-order valence-electron chi connectivity index (χ1n) is 4.79. The molecular formula is C10H13ClFN2+. The summed E-state index contributed by atoms with van der Waals surface area (Å²) in [6.07, 6.45) is 0. The third-order valence-electron chi connectivity index (χ3n) is 2.46. The van der Waals surface area contributed by atoms with Crippen molar-refractivity contribution >= 4 is 17.3 Å². The van der Waals surface area contributed by atoms with Crippen LogP contribution >= 0.6 is 11.6 Å². The van der Waals surface area contributed by atoms with E-state index in [0.717, 1.165) is 26.2 Å². The van der Waals surface area contributed by atoms with Crippen molar-refractivity contribution in [1.82, 2.24) is 0 Å². The number of rotatable bonds is 1. The van der Waals surface area contributed by atoms with Crippen LogP contribution in [0, 0.1) is 5.82 Å². The van der Waals surface area contributed by atoms with E-state index in [0.29, 0.717) is 10.7 Å². The monoisotopic (exact) mass is 215 g/mol. The highest BCUT2D eigenvalue weighted by atomic mass is 35.5. The van der Waals surface area contributed by atoms with E-state index >= 15 is 0 Å². The molecule has 14 heavy (non-hydrogen) atoms. The zero-order valence-corrected chi connectivity index (χ0v) is 8.60. The summed E-state index contributed by atoms with van der Waals surface area (Å²) in [5.41, 5.74) is 0.669. The molecule has 1 aliphatic heterocycles. The third kappa shape index (κ3) is 1.99. The van der Waals surface area contributed by atoms with Gasteiger partial charge >= 0.3 is 0 Å². The van der Waals surface area contributed by atoms with Crippen molar-refractivity contribution in [2.75, 3.05) is 31.1 Å². The van der Waals surface area contributed by atoms with Gasteiger partial charge in [0.2, 0.25) is 0 Å². The summed E-state index contributed by atoms with van der Waals surface area (Å²) in [6.45, 7) is 3.86. The van der Waals surface area contributed by atoms with Crippen LogP contribution in [-0.4, -0.2) is 26.2 Å². The average Bonchev–Trinajstić information content (AvgIpc) is 2.19. The average molecular weight is 216 g/mol. The van der Waals surface area contributed by atoms with Gasteiger partial charge in [0, 0.05) is 5.02 Å². The fourth-order valence-corrected chi connectivity index (χ4v) is 1.89. The number of hydrogen-bond donors (Lipinski definition) is 1. The number of anilines is 1. The number of piperazine rings is 1. The van der Waals surface area contributed by atoms with Gasteiger partial charge in [-0.05, 0) is 18.2 Å². The molecule has 1 aromatic rings. The lowest BCUT2D eigenvalue weighted by Crippen LogP contribution is -2.89. The molecule has 1 saturated heterocycles. The van der Waals surface area contributed by atoms with E-state index in [1.165, 1.54) is 6.07 Å². The molecule has 1 aliphatic rings. The van der Waals surface area contributed by atoms with Crippen LogP contribution < -0.4 is 10.2 Å². The van der Waals surface area contributed by atoms with Gasteiger partial charge < -0.3 is 10.2 Å². The quantitative estimate of drug-likeness (QED) is 0.737. The number of benzene rings is 1. The third-order valence-corrected chi connectivity index (χ3v) is 2.69. The van der Waals surface area contributed by atoms with E-state index in [4.69, 9.17) is 11.6 Å². The number of quaternary nitrogens is 1. The molecule has 0 atom stereocenters. The van der Waals surface area contributed by atoms with Gasteiger partial charge in [0.25, 0.3) is 0 Å². The Kier molecular flexibility index (Phi) is 2.89. The Morgan fingerprint density at radius 3 is 2.64 bits per heavy atom. The van der Waals surface area contributed by atoms with Crippen LogP contribution in [0.3, 0.4) is 0 Å². The minimum absolute atomic E-state index is 0.223. The van der Waals surface area contributed by atoms with Crippen LogP contribution in [-0.2, 0) is 0 Å². The fraction of sp³-hybridized carbons (Fsp3) is 0.400. The molecule has 0 aromatic heterocycles. The lowest BCUT2D eigenvalue weighted by atomic mass is 10.2. The second-order valence-corrected chi connectivity index (χ2v) is 3.89. The van der Waals surface area contributed by atoms with Crippen molar-refractivity contribution in [2.45, 2.75) is 0 Å². The van der Waals surface area contributed by atoms with E-state index in [-0.39, 0.29) is 5.82 Å². The Bertz CT molecular complexity index is 324. The smallest absolute Gasteiger partial charge is 0.147 e. The van der Waals surface area contributed by atoms with Gasteiger partial charge in [-0.3, -0.25) is 0 Å². The van der Waals surface area contributed by atoms with E-state index in [9.17, 15) is 4.39 Å². The highest BCUT2D eigenvalue weighted by Crippen LogP contribution is 2.22. The first-order chi connectivity index (χ1) is 6.77. The minimum Gasteiger partial charge on any atom is -0.358 e. The first kappa shape index (κ1) is 9.74. The van der Waals surface area contributed by atoms with Crippen molar-refractivity contribution in [3.05, 3.63) is 29.0 Å². The lowest BCUT2D eigenvalue weighted by molar-refractivity contribution is -0.655. The van der Waals surface area contributed by atoms with Crippen LogP contribution in [0.5, 0.6) is 0 Å². The molecule has 0 unspecified atom stereocenters. The maximum atomic E-state index is 13.5. The minimum atomic E-state index is -0.223. The molecule has 0 radical (unpaired) electrons.